The molecule has 7 heteroatoms. The molecule has 0 fully saturated rings. The van der Waals surface area contributed by atoms with E-state index in [4.69, 9.17) is 14.6 Å². The molecule has 3 rings (SSSR count). The molecule has 0 radical (unpaired) electrons. The summed E-state index contributed by atoms with van der Waals surface area (Å²) in [7, 11) is 3.29. The SMILES string of the molecule is C=CCN=c1scc(-c2cc(OC)ccc2OC)n1/N=C(\C)c1ccncc1. The van der Waals surface area contributed by atoms with E-state index in [9.17, 15) is 0 Å². The van der Waals surface area contributed by atoms with Gasteiger partial charge in [-0.1, -0.05) is 6.08 Å². The van der Waals surface area contributed by atoms with E-state index in [1.807, 2.05) is 47.3 Å². The third-order valence-corrected chi connectivity index (χ3v) is 4.93. The normalized spacial score (nSPS) is 12.1. The van der Waals surface area contributed by atoms with Crippen LogP contribution < -0.4 is 14.3 Å². The van der Waals surface area contributed by atoms with Crippen LogP contribution in [0.2, 0.25) is 0 Å². The monoisotopic (exact) mass is 394 g/mol. The Labute approximate surface area is 168 Å². The first kappa shape index (κ1) is 19.6. The molecule has 3 aromatic rings. The van der Waals surface area contributed by atoms with E-state index in [1.54, 1.807) is 32.7 Å². The Hall–Kier alpha value is -3.19. The van der Waals surface area contributed by atoms with Crippen molar-refractivity contribution in [2.45, 2.75) is 6.92 Å². The van der Waals surface area contributed by atoms with Crippen molar-refractivity contribution >= 4 is 17.0 Å². The topological polar surface area (TPSA) is 61.0 Å². The molecule has 0 saturated carbocycles. The predicted molar refractivity (Wildman–Crippen MR) is 113 cm³/mol. The molecule has 0 amide bonds. The summed E-state index contributed by atoms with van der Waals surface area (Å²) in [6.07, 6.45) is 5.26. The van der Waals surface area contributed by atoms with Gasteiger partial charge < -0.3 is 9.47 Å². The average molecular weight is 395 g/mol. The van der Waals surface area contributed by atoms with Crippen LogP contribution in [0.5, 0.6) is 11.5 Å². The predicted octanol–water partition coefficient (Wildman–Crippen LogP) is 3.99. The van der Waals surface area contributed by atoms with Gasteiger partial charge in [0.25, 0.3) is 0 Å². The fraction of sp³-hybridized carbons (Fsp3) is 0.190. The lowest BCUT2D eigenvalue weighted by Crippen LogP contribution is -2.14. The van der Waals surface area contributed by atoms with E-state index in [2.05, 4.69) is 16.6 Å². The molecule has 1 aromatic carbocycles. The van der Waals surface area contributed by atoms with Gasteiger partial charge in [0.2, 0.25) is 4.80 Å². The minimum atomic E-state index is 0.513. The molecule has 0 unspecified atom stereocenters. The molecule has 2 aromatic heterocycles. The quantitative estimate of drug-likeness (QED) is 0.450. The zero-order valence-corrected chi connectivity index (χ0v) is 16.9. The van der Waals surface area contributed by atoms with E-state index in [0.717, 1.165) is 38.8 Å². The number of nitrogens with zero attached hydrogens (tertiary/aromatic N) is 4. The highest BCUT2D eigenvalue weighted by Gasteiger charge is 2.14. The van der Waals surface area contributed by atoms with Crippen molar-refractivity contribution in [2.75, 3.05) is 20.8 Å². The van der Waals surface area contributed by atoms with Gasteiger partial charge in [0.05, 0.1) is 32.2 Å². The van der Waals surface area contributed by atoms with E-state index in [-0.39, 0.29) is 0 Å². The molecule has 0 aliphatic carbocycles. The molecule has 0 spiro atoms. The van der Waals surface area contributed by atoms with Crippen LogP contribution in [0.15, 0.2) is 70.9 Å². The van der Waals surface area contributed by atoms with Gasteiger partial charge in [0, 0.05) is 28.9 Å². The van der Waals surface area contributed by atoms with Crippen LogP contribution in [0.3, 0.4) is 0 Å². The summed E-state index contributed by atoms with van der Waals surface area (Å²) in [4.78, 5) is 9.43. The summed E-state index contributed by atoms with van der Waals surface area (Å²) >= 11 is 1.51. The molecule has 28 heavy (non-hydrogen) atoms. The lowest BCUT2D eigenvalue weighted by Gasteiger charge is -2.11. The molecule has 0 saturated heterocycles. The highest BCUT2D eigenvalue weighted by molar-refractivity contribution is 7.07. The van der Waals surface area contributed by atoms with Crippen LogP contribution in [0.4, 0.5) is 0 Å². The van der Waals surface area contributed by atoms with Gasteiger partial charge in [0.15, 0.2) is 0 Å². The van der Waals surface area contributed by atoms with E-state index >= 15 is 0 Å². The second-order valence-corrected chi connectivity index (χ2v) is 6.67. The van der Waals surface area contributed by atoms with Crippen molar-refractivity contribution in [1.29, 1.82) is 0 Å². The van der Waals surface area contributed by atoms with Crippen molar-refractivity contribution in [3.8, 4) is 22.8 Å². The molecular formula is C21H22N4O2S. The van der Waals surface area contributed by atoms with Gasteiger partial charge in [0.1, 0.15) is 11.5 Å². The number of aromatic nitrogens is 2. The Morgan fingerprint density at radius 1 is 1.21 bits per heavy atom. The maximum atomic E-state index is 5.57. The van der Waals surface area contributed by atoms with Gasteiger partial charge in [-0.15, -0.1) is 17.9 Å². The number of benzene rings is 1. The summed E-state index contributed by atoms with van der Waals surface area (Å²) in [6.45, 7) is 6.23. The van der Waals surface area contributed by atoms with Crippen LogP contribution >= 0.6 is 11.3 Å². The molecule has 6 nitrogen and oxygen atoms in total. The van der Waals surface area contributed by atoms with Gasteiger partial charge in [-0.05, 0) is 37.3 Å². The summed E-state index contributed by atoms with van der Waals surface area (Å²) in [5.74, 6) is 1.48. The Bertz CT molecular complexity index is 1050. The van der Waals surface area contributed by atoms with E-state index in [1.165, 1.54) is 11.3 Å². The molecule has 0 atom stereocenters. The van der Waals surface area contributed by atoms with Crippen molar-refractivity contribution in [3.63, 3.8) is 0 Å². The van der Waals surface area contributed by atoms with Crippen LogP contribution in [-0.2, 0) is 0 Å². The Morgan fingerprint density at radius 2 is 2.00 bits per heavy atom. The van der Waals surface area contributed by atoms with Crippen molar-refractivity contribution in [2.24, 2.45) is 10.1 Å². The number of thiazole rings is 1. The average Bonchev–Trinajstić information content (AvgIpc) is 3.14. The Kier molecular flexibility index (Phi) is 6.39. The number of hydrogen-bond donors (Lipinski definition) is 0. The minimum absolute atomic E-state index is 0.513. The van der Waals surface area contributed by atoms with Crippen LogP contribution in [0.25, 0.3) is 11.3 Å². The lowest BCUT2D eigenvalue weighted by molar-refractivity contribution is 0.404. The third-order valence-electron chi connectivity index (χ3n) is 4.07. The maximum Gasteiger partial charge on any atom is 0.206 e. The first-order valence-corrected chi connectivity index (χ1v) is 9.56. The zero-order chi connectivity index (χ0) is 19.9. The number of pyridine rings is 1. The molecule has 0 bridgehead atoms. The fourth-order valence-electron chi connectivity index (χ4n) is 2.65. The molecule has 2 heterocycles. The second-order valence-electron chi connectivity index (χ2n) is 5.83. The zero-order valence-electron chi connectivity index (χ0n) is 16.1. The van der Waals surface area contributed by atoms with E-state index < -0.39 is 0 Å². The Morgan fingerprint density at radius 3 is 2.68 bits per heavy atom. The maximum absolute atomic E-state index is 5.57. The molecule has 144 valence electrons. The number of rotatable bonds is 7. The lowest BCUT2D eigenvalue weighted by atomic mass is 10.1. The molecular weight excluding hydrogens is 372 g/mol. The van der Waals surface area contributed by atoms with Gasteiger partial charge in [-0.2, -0.15) is 5.10 Å². The summed E-state index contributed by atoms with van der Waals surface area (Å²) in [5, 5.41) is 6.86. The van der Waals surface area contributed by atoms with Crippen molar-refractivity contribution in [1.82, 2.24) is 9.66 Å². The number of methoxy groups -OCH3 is 2. The van der Waals surface area contributed by atoms with Crippen LogP contribution in [0.1, 0.15) is 12.5 Å². The summed E-state index contributed by atoms with van der Waals surface area (Å²) in [6, 6.07) is 9.55. The largest absolute Gasteiger partial charge is 0.497 e. The van der Waals surface area contributed by atoms with Gasteiger partial charge >= 0.3 is 0 Å². The highest BCUT2D eigenvalue weighted by Crippen LogP contribution is 2.33. The first-order chi connectivity index (χ1) is 13.7. The van der Waals surface area contributed by atoms with Gasteiger partial charge in [-0.3, -0.25) is 9.98 Å². The number of ether oxygens (including phenoxy) is 2. The molecule has 0 aliphatic heterocycles. The smallest absolute Gasteiger partial charge is 0.206 e. The second kappa shape index (κ2) is 9.14. The van der Waals surface area contributed by atoms with Crippen molar-refractivity contribution < 1.29 is 9.47 Å². The van der Waals surface area contributed by atoms with Crippen molar-refractivity contribution in [3.05, 3.63) is 71.1 Å². The van der Waals surface area contributed by atoms with Crippen LogP contribution in [0, 0.1) is 0 Å². The summed E-state index contributed by atoms with van der Waals surface area (Å²) < 4.78 is 12.8. The highest BCUT2D eigenvalue weighted by atomic mass is 32.1. The van der Waals surface area contributed by atoms with Gasteiger partial charge in [-0.25, -0.2) is 4.68 Å². The van der Waals surface area contributed by atoms with Crippen LogP contribution in [-0.4, -0.2) is 36.1 Å². The summed E-state index contributed by atoms with van der Waals surface area (Å²) in [5.41, 5.74) is 3.59. The minimum Gasteiger partial charge on any atom is -0.497 e. The first-order valence-electron chi connectivity index (χ1n) is 8.68. The van der Waals surface area contributed by atoms with E-state index in [0.29, 0.717) is 6.54 Å². The molecule has 0 aliphatic rings. The third kappa shape index (κ3) is 4.20. The molecule has 0 N–H and O–H groups in total. The standard InChI is InChI=1S/C21H22N4O2S/c1-5-10-23-21-25(24-15(2)16-8-11-22-12-9-16)19(14-28-21)18-13-17(26-3)6-7-20(18)27-4/h5-9,11-14H,1,10H2,2-4H3/b23-21?,24-15+. The number of hydrogen-bond acceptors (Lipinski definition) is 6. The Balaban J connectivity index is 2.21. The fourth-order valence-corrected chi connectivity index (χ4v) is 3.48.